The van der Waals surface area contributed by atoms with Crippen molar-refractivity contribution in [1.29, 1.82) is 0 Å². The van der Waals surface area contributed by atoms with E-state index < -0.39 is 0 Å². The molecule has 5 heteroatoms. The molecule has 1 amide bonds. The van der Waals surface area contributed by atoms with Crippen LogP contribution in [0.2, 0.25) is 0 Å². The van der Waals surface area contributed by atoms with Crippen molar-refractivity contribution in [3.05, 3.63) is 60.2 Å². The van der Waals surface area contributed by atoms with E-state index in [1.807, 2.05) is 42.5 Å². The summed E-state index contributed by atoms with van der Waals surface area (Å²) in [5.74, 6) is 0.653. The highest BCUT2D eigenvalue weighted by Crippen LogP contribution is 2.19. The van der Waals surface area contributed by atoms with Gasteiger partial charge in [-0.2, -0.15) is 0 Å². The molecule has 0 aromatic heterocycles. The van der Waals surface area contributed by atoms with Gasteiger partial charge in [-0.1, -0.05) is 54.6 Å². The summed E-state index contributed by atoms with van der Waals surface area (Å²) >= 11 is 1.51. The van der Waals surface area contributed by atoms with Crippen LogP contribution in [0.25, 0.3) is 11.1 Å². The highest BCUT2D eigenvalue weighted by Gasteiger charge is 2.23. The molecular weight excluding hydrogens is 310 g/mol. The second kappa shape index (κ2) is 7.33. The molecular formula is C18H17NO3S. The lowest BCUT2D eigenvalue weighted by Crippen LogP contribution is -2.32. The number of amides is 1. The number of thioether (sulfide) groups is 1. The number of carbonyl (C=O) groups excluding carboxylic acids is 2. The van der Waals surface area contributed by atoms with Crippen molar-refractivity contribution in [1.82, 2.24) is 4.90 Å². The monoisotopic (exact) mass is 327 g/mol. The summed E-state index contributed by atoms with van der Waals surface area (Å²) in [7, 11) is 0. The molecule has 0 saturated carbocycles. The highest BCUT2D eigenvalue weighted by atomic mass is 32.2. The molecule has 1 saturated heterocycles. The molecule has 3 rings (SSSR count). The first-order valence-corrected chi connectivity index (χ1v) is 8.53. The standard InChI is InChI=1S/C18H17NO3S/c20-17-12-23-13-19(17)10-18(21)22-11-14-6-8-16(9-7-14)15-4-2-1-3-5-15/h1-9H,10-13H2. The molecule has 1 heterocycles. The van der Waals surface area contributed by atoms with Crippen molar-refractivity contribution in [2.24, 2.45) is 0 Å². The number of hydrogen-bond donors (Lipinski definition) is 0. The maximum Gasteiger partial charge on any atom is 0.326 e. The van der Waals surface area contributed by atoms with Crippen LogP contribution in [0.15, 0.2) is 54.6 Å². The van der Waals surface area contributed by atoms with Crippen LogP contribution in [0.5, 0.6) is 0 Å². The smallest absolute Gasteiger partial charge is 0.326 e. The van der Waals surface area contributed by atoms with Crippen molar-refractivity contribution >= 4 is 23.6 Å². The van der Waals surface area contributed by atoms with Gasteiger partial charge < -0.3 is 9.64 Å². The molecule has 0 N–H and O–H groups in total. The summed E-state index contributed by atoms with van der Waals surface area (Å²) in [6.45, 7) is 0.261. The Hall–Kier alpha value is -2.27. The highest BCUT2D eigenvalue weighted by molar-refractivity contribution is 8.00. The predicted octanol–water partition coefficient (Wildman–Crippen LogP) is 2.93. The van der Waals surface area contributed by atoms with Crippen LogP contribution in [0.3, 0.4) is 0 Å². The number of nitrogens with zero attached hydrogens (tertiary/aromatic N) is 1. The number of hydrogen-bond acceptors (Lipinski definition) is 4. The van der Waals surface area contributed by atoms with Crippen LogP contribution in [-0.4, -0.2) is 35.0 Å². The first kappa shape index (κ1) is 15.6. The van der Waals surface area contributed by atoms with Gasteiger partial charge in [0.2, 0.25) is 5.91 Å². The Bertz CT molecular complexity index is 685. The second-order valence-electron chi connectivity index (χ2n) is 5.29. The van der Waals surface area contributed by atoms with Gasteiger partial charge in [-0.05, 0) is 16.7 Å². The third-order valence-electron chi connectivity index (χ3n) is 3.61. The quantitative estimate of drug-likeness (QED) is 0.792. The maximum absolute atomic E-state index is 11.8. The van der Waals surface area contributed by atoms with Crippen LogP contribution < -0.4 is 0 Å². The predicted molar refractivity (Wildman–Crippen MR) is 90.7 cm³/mol. The third-order valence-corrected chi connectivity index (χ3v) is 4.55. The van der Waals surface area contributed by atoms with E-state index in [1.54, 1.807) is 0 Å². The Morgan fingerprint density at radius 2 is 1.74 bits per heavy atom. The van der Waals surface area contributed by atoms with E-state index in [-0.39, 0.29) is 25.0 Å². The van der Waals surface area contributed by atoms with Gasteiger partial charge in [0.15, 0.2) is 0 Å². The summed E-state index contributed by atoms with van der Waals surface area (Å²) in [4.78, 5) is 24.8. The number of esters is 1. The molecule has 1 fully saturated rings. The van der Waals surface area contributed by atoms with Crippen molar-refractivity contribution in [3.63, 3.8) is 0 Å². The molecule has 0 aliphatic carbocycles. The number of carbonyl (C=O) groups is 2. The summed E-state index contributed by atoms with van der Waals surface area (Å²) in [6.07, 6.45) is 0. The fourth-order valence-corrected chi connectivity index (χ4v) is 3.23. The van der Waals surface area contributed by atoms with Crippen molar-refractivity contribution < 1.29 is 14.3 Å². The average molecular weight is 327 g/mol. The van der Waals surface area contributed by atoms with Crippen molar-refractivity contribution in [3.8, 4) is 11.1 Å². The van der Waals surface area contributed by atoms with Gasteiger partial charge in [-0.15, -0.1) is 11.8 Å². The van der Waals surface area contributed by atoms with Gasteiger partial charge in [-0.3, -0.25) is 9.59 Å². The molecule has 0 bridgehead atoms. The summed E-state index contributed by atoms with van der Waals surface area (Å²) in [5.41, 5.74) is 3.21. The Balaban J connectivity index is 1.52. The lowest BCUT2D eigenvalue weighted by Gasteiger charge is -2.13. The fourth-order valence-electron chi connectivity index (χ4n) is 2.33. The summed E-state index contributed by atoms with van der Waals surface area (Å²) < 4.78 is 5.24. The van der Waals surface area contributed by atoms with Gasteiger partial charge in [0.1, 0.15) is 13.2 Å². The molecule has 1 aliphatic rings. The maximum atomic E-state index is 11.8. The van der Waals surface area contributed by atoms with Crippen molar-refractivity contribution in [2.45, 2.75) is 6.61 Å². The normalized spacial score (nSPS) is 14.1. The van der Waals surface area contributed by atoms with E-state index in [9.17, 15) is 9.59 Å². The van der Waals surface area contributed by atoms with Crippen LogP contribution in [-0.2, 0) is 20.9 Å². The minimum Gasteiger partial charge on any atom is -0.459 e. The third kappa shape index (κ3) is 4.13. The minimum atomic E-state index is -0.368. The number of benzene rings is 2. The zero-order valence-electron chi connectivity index (χ0n) is 12.6. The van der Waals surface area contributed by atoms with E-state index in [0.717, 1.165) is 16.7 Å². The molecule has 1 aliphatic heterocycles. The molecule has 0 spiro atoms. The number of rotatable bonds is 5. The second-order valence-corrected chi connectivity index (χ2v) is 6.25. The van der Waals surface area contributed by atoms with E-state index in [0.29, 0.717) is 11.6 Å². The lowest BCUT2D eigenvalue weighted by molar-refractivity contribution is -0.148. The van der Waals surface area contributed by atoms with Crippen LogP contribution in [0.4, 0.5) is 0 Å². The summed E-state index contributed by atoms with van der Waals surface area (Å²) in [5, 5.41) is 0. The van der Waals surface area contributed by atoms with Gasteiger partial charge >= 0.3 is 5.97 Å². The first-order valence-electron chi connectivity index (χ1n) is 7.38. The molecule has 2 aromatic rings. The number of ether oxygens (including phenoxy) is 1. The largest absolute Gasteiger partial charge is 0.459 e. The van der Waals surface area contributed by atoms with Crippen LogP contribution in [0.1, 0.15) is 5.56 Å². The molecule has 23 heavy (non-hydrogen) atoms. The van der Waals surface area contributed by atoms with E-state index >= 15 is 0 Å². The van der Waals surface area contributed by atoms with E-state index in [1.165, 1.54) is 16.7 Å². The van der Waals surface area contributed by atoms with Gasteiger partial charge in [0.25, 0.3) is 0 Å². The van der Waals surface area contributed by atoms with Crippen LogP contribution >= 0.6 is 11.8 Å². The molecule has 2 aromatic carbocycles. The molecule has 0 unspecified atom stereocenters. The SMILES string of the molecule is O=C(CN1CSCC1=O)OCc1ccc(-c2ccccc2)cc1. The lowest BCUT2D eigenvalue weighted by atomic mass is 10.0. The van der Waals surface area contributed by atoms with Gasteiger partial charge in [0, 0.05) is 0 Å². The average Bonchev–Trinajstić information content (AvgIpc) is 2.99. The molecule has 4 nitrogen and oxygen atoms in total. The zero-order chi connectivity index (χ0) is 16.1. The minimum absolute atomic E-state index is 0.000774. The van der Waals surface area contributed by atoms with Gasteiger partial charge in [0.05, 0.1) is 11.6 Å². The molecule has 0 radical (unpaired) electrons. The zero-order valence-corrected chi connectivity index (χ0v) is 13.4. The Morgan fingerprint density at radius 3 is 2.39 bits per heavy atom. The van der Waals surface area contributed by atoms with E-state index in [2.05, 4.69) is 12.1 Å². The van der Waals surface area contributed by atoms with Crippen LogP contribution in [0, 0.1) is 0 Å². The van der Waals surface area contributed by atoms with Crippen molar-refractivity contribution in [2.75, 3.05) is 18.2 Å². The first-order chi connectivity index (χ1) is 11.2. The Morgan fingerprint density at radius 1 is 1.04 bits per heavy atom. The van der Waals surface area contributed by atoms with Gasteiger partial charge in [-0.25, -0.2) is 0 Å². The topological polar surface area (TPSA) is 46.6 Å². The Kier molecular flexibility index (Phi) is 4.98. The molecule has 0 atom stereocenters. The Labute approximate surface area is 139 Å². The molecule has 118 valence electrons. The van der Waals surface area contributed by atoms with E-state index in [4.69, 9.17) is 4.74 Å². The fraction of sp³-hybridized carbons (Fsp3) is 0.222. The summed E-state index contributed by atoms with van der Waals surface area (Å²) in [6, 6.07) is 18.0.